The molecule has 0 saturated carbocycles. The van der Waals surface area contributed by atoms with Gasteiger partial charge in [-0.2, -0.15) is 0 Å². The summed E-state index contributed by atoms with van der Waals surface area (Å²) in [4.78, 5) is 11.8. The second-order valence-electron chi connectivity index (χ2n) is 5.78. The smallest absolute Gasteiger partial charge is 0.331 e. The van der Waals surface area contributed by atoms with E-state index in [0.717, 1.165) is 33.4 Å². The maximum Gasteiger partial charge on any atom is 0.331 e. The van der Waals surface area contributed by atoms with Gasteiger partial charge in [-0.15, -0.1) is 0 Å². The minimum Gasteiger partial charge on any atom is -0.463 e. The van der Waals surface area contributed by atoms with Crippen LogP contribution in [0.2, 0.25) is 0 Å². The van der Waals surface area contributed by atoms with Crippen molar-refractivity contribution in [2.24, 2.45) is 0 Å². The quantitative estimate of drug-likeness (QED) is 0.613. The molecule has 0 aliphatic heterocycles. The molecule has 3 nitrogen and oxygen atoms in total. The third-order valence-corrected chi connectivity index (χ3v) is 3.99. The molecule has 0 aromatic heterocycles. The van der Waals surface area contributed by atoms with Crippen LogP contribution >= 0.6 is 0 Å². The van der Waals surface area contributed by atoms with E-state index in [0.29, 0.717) is 6.61 Å². The first kappa shape index (κ1) is 18.7. The highest BCUT2D eigenvalue weighted by atomic mass is 16.5. The second-order valence-corrected chi connectivity index (χ2v) is 5.78. The molecule has 0 radical (unpaired) electrons. The van der Waals surface area contributed by atoms with Crippen LogP contribution < -0.4 is 0 Å². The molecule has 0 atom stereocenters. The summed E-state index contributed by atoms with van der Waals surface area (Å²) in [6.07, 6.45) is 3.28. The van der Waals surface area contributed by atoms with Gasteiger partial charge in [0, 0.05) is 6.08 Å². The van der Waals surface area contributed by atoms with Gasteiger partial charge in [-0.3, -0.25) is 0 Å². The number of aliphatic hydroxyl groups excluding tert-OH is 1. The van der Waals surface area contributed by atoms with Crippen molar-refractivity contribution in [3.05, 3.63) is 71.8 Å². The molecule has 0 unspecified atom stereocenters. The van der Waals surface area contributed by atoms with Crippen molar-refractivity contribution in [1.82, 2.24) is 0 Å². The summed E-state index contributed by atoms with van der Waals surface area (Å²) < 4.78 is 5.03. The van der Waals surface area contributed by atoms with Crippen LogP contribution in [-0.2, 0) is 9.53 Å². The Labute approximate surface area is 149 Å². The van der Waals surface area contributed by atoms with Crippen LogP contribution in [0.25, 0.3) is 22.3 Å². The lowest BCUT2D eigenvalue weighted by atomic mass is 9.91. The molecular formula is C22H24O3. The lowest BCUT2D eigenvalue weighted by Gasteiger charge is -2.14. The van der Waals surface area contributed by atoms with Crippen molar-refractivity contribution in [2.75, 3.05) is 13.2 Å². The molecule has 0 amide bonds. The molecule has 130 valence electrons. The van der Waals surface area contributed by atoms with Crippen molar-refractivity contribution in [2.45, 2.75) is 20.8 Å². The number of allylic oxidation sites excluding steroid dienone is 2. The Kier molecular flexibility index (Phi) is 6.72. The first-order valence-electron chi connectivity index (χ1n) is 8.39. The molecule has 0 heterocycles. The number of hydrogen-bond donors (Lipinski definition) is 1. The number of hydrogen-bond acceptors (Lipinski definition) is 3. The summed E-state index contributed by atoms with van der Waals surface area (Å²) >= 11 is 0. The lowest BCUT2D eigenvalue weighted by molar-refractivity contribution is -0.137. The Balaban J connectivity index is 2.55. The fraction of sp³-hybridized carbons (Fsp3) is 0.227. The van der Waals surface area contributed by atoms with Crippen molar-refractivity contribution in [3.8, 4) is 11.1 Å². The number of carbonyl (C=O) groups excluding carboxylic acids is 1. The summed E-state index contributed by atoms with van der Waals surface area (Å²) in [5, 5.41) is 9.21. The standard InChI is InChI=1S/C22H24O3/c1-4-25-22(24)14-17(3)21-15-19(18-8-6-5-7-9-18)10-11-20(21)16(2)12-13-23/h5-12,14-15,23H,4,13H2,1-3H3/b16-12+,17-14+. The Morgan fingerprint density at radius 3 is 2.36 bits per heavy atom. The van der Waals surface area contributed by atoms with E-state index >= 15 is 0 Å². The van der Waals surface area contributed by atoms with E-state index in [4.69, 9.17) is 4.74 Å². The highest BCUT2D eigenvalue weighted by molar-refractivity contribution is 5.93. The normalized spacial score (nSPS) is 12.2. The summed E-state index contributed by atoms with van der Waals surface area (Å²) in [6, 6.07) is 16.3. The van der Waals surface area contributed by atoms with Gasteiger partial charge >= 0.3 is 5.97 Å². The van der Waals surface area contributed by atoms with Crippen LogP contribution in [0, 0.1) is 0 Å². The zero-order chi connectivity index (χ0) is 18.2. The Hall–Kier alpha value is -2.65. The number of esters is 1. The molecule has 2 aromatic carbocycles. The third-order valence-electron chi connectivity index (χ3n) is 3.99. The fourth-order valence-corrected chi connectivity index (χ4v) is 2.71. The summed E-state index contributed by atoms with van der Waals surface area (Å²) in [5.41, 5.74) is 5.94. The molecule has 25 heavy (non-hydrogen) atoms. The maximum atomic E-state index is 11.8. The predicted octanol–water partition coefficient (Wildman–Crippen LogP) is 4.72. The highest BCUT2D eigenvalue weighted by Crippen LogP contribution is 2.30. The van der Waals surface area contributed by atoms with Gasteiger partial charge in [0.15, 0.2) is 0 Å². The molecule has 0 spiro atoms. The Morgan fingerprint density at radius 1 is 1.00 bits per heavy atom. The van der Waals surface area contributed by atoms with Crippen LogP contribution in [-0.4, -0.2) is 24.3 Å². The van der Waals surface area contributed by atoms with Gasteiger partial charge in [-0.1, -0.05) is 48.5 Å². The van der Waals surface area contributed by atoms with Gasteiger partial charge in [0.1, 0.15) is 0 Å². The number of rotatable bonds is 6. The van der Waals surface area contributed by atoms with E-state index in [1.165, 1.54) is 6.08 Å². The summed E-state index contributed by atoms with van der Waals surface area (Å²) in [5.74, 6) is -0.347. The van der Waals surface area contributed by atoms with E-state index in [2.05, 4.69) is 24.3 Å². The van der Waals surface area contributed by atoms with Crippen LogP contribution in [0.15, 0.2) is 60.7 Å². The van der Waals surface area contributed by atoms with E-state index in [-0.39, 0.29) is 12.6 Å². The summed E-state index contributed by atoms with van der Waals surface area (Å²) in [7, 11) is 0. The van der Waals surface area contributed by atoms with Gasteiger partial charge in [0.05, 0.1) is 13.2 Å². The van der Waals surface area contributed by atoms with E-state index in [1.807, 2.05) is 38.1 Å². The molecule has 2 aromatic rings. The number of benzene rings is 2. The molecule has 0 bridgehead atoms. The molecule has 2 rings (SSSR count). The minimum absolute atomic E-state index is 0.0215. The molecule has 1 N–H and O–H groups in total. The molecule has 3 heteroatoms. The van der Waals surface area contributed by atoms with Gasteiger partial charge in [-0.05, 0) is 60.2 Å². The lowest BCUT2D eigenvalue weighted by Crippen LogP contribution is -2.01. The first-order chi connectivity index (χ1) is 12.1. The molecule has 0 aliphatic carbocycles. The topological polar surface area (TPSA) is 46.5 Å². The van der Waals surface area contributed by atoms with E-state index in [1.54, 1.807) is 13.0 Å². The van der Waals surface area contributed by atoms with Crippen molar-refractivity contribution >= 4 is 17.1 Å². The maximum absolute atomic E-state index is 11.8. The van der Waals surface area contributed by atoms with Crippen LogP contribution in [0.4, 0.5) is 0 Å². The fourth-order valence-electron chi connectivity index (χ4n) is 2.71. The van der Waals surface area contributed by atoms with Crippen molar-refractivity contribution in [1.29, 1.82) is 0 Å². The highest BCUT2D eigenvalue weighted by Gasteiger charge is 2.10. The van der Waals surface area contributed by atoms with Crippen LogP contribution in [0.3, 0.4) is 0 Å². The monoisotopic (exact) mass is 336 g/mol. The zero-order valence-electron chi connectivity index (χ0n) is 15.0. The van der Waals surface area contributed by atoms with E-state index < -0.39 is 0 Å². The van der Waals surface area contributed by atoms with Crippen LogP contribution in [0.1, 0.15) is 31.9 Å². The predicted molar refractivity (Wildman–Crippen MR) is 103 cm³/mol. The molecule has 0 saturated heterocycles. The number of carbonyl (C=O) groups is 1. The molecule has 0 fully saturated rings. The van der Waals surface area contributed by atoms with Crippen molar-refractivity contribution < 1.29 is 14.6 Å². The van der Waals surface area contributed by atoms with Gasteiger partial charge in [0.2, 0.25) is 0 Å². The SMILES string of the molecule is CCOC(=O)/C=C(\C)c1cc(-c2ccccc2)ccc1/C(C)=C/CO. The molecular weight excluding hydrogens is 312 g/mol. The van der Waals surface area contributed by atoms with Crippen LogP contribution in [0.5, 0.6) is 0 Å². The average molecular weight is 336 g/mol. The van der Waals surface area contributed by atoms with Gasteiger partial charge in [-0.25, -0.2) is 4.79 Å². The molecule has 0 aliphatic rings. The average Bonchev–Trinajstić information content (AvgIpc) is 2.62. The minimum atomic E-state index is -0.347. The van der Waals surface area contributed by atoms with Gasteiger partial charge < -0.3 is 9.84 Å². The summed E-state index contributed by atoms with van der Waals surface area (Å²) in [6.45, 7) is 5.97. The number of ether oxygens (including phenoxy) is 1. The van der Waals surface area contributed by atoms with Gasteiger partial charge in [0.25, 0.3) is 0 Å². The first-order valence-corrected chi connectivity index (χ1v) is 8.39. The third kappa shape index (κ3) is 4.91. The Morgan fingerprint density at radius 2 is 1.72 bits per heavy atom. The largest absolute Gasteiger partial charge is 0.463 e. The zero-order valence-corrected chi connectivity index (χ0v) is 15.0. The number of aliphatic hydroxyl groups is 1. The van der Waals surface area contributed by atoms with E-state index in [9.17, 15) is 9.90 Å². The second kappa shape index (κ2) is 9.00. The van der Waals surface area contributed by atoms with Crippen molar-refractivity contribution in [3.63, 3.8) is 0 Å². The Bertz CT molecular complexity index is 786.